The van der Waals surface area contributed by atoms with Crippen LogP contribution in [0.4, 0.5) is 19.0 Å². The van der Waals surface area contributed by atoms with Gasteiger partial charge in [0.25, 0.3) is 0 Å². The largest absolute Gasteiger partial charge is 0.435 e. The number of hydrogen-bond donors (Lipinski definition) is 1. The van der Waals surface area contributed by atoms with Crippen molar-refractivity contribution in [3.63, 3.8) is 0 Å². The number of amides is 1. The summed E-state index contributed by atoms with van der Waals surface area (Å²) in [5, 5.41) is 15.4. The first kappa shape index (κ1) is 23.3. The maximum Gasteiger partial charge on any atom is 0.435 e. The molecule has 1 aliphatic rings. The van der Waals surface area contributed by atoms with Gasteiger partial charge in [0.2, 0.25) is 5.91 Å². The first-order valence-corrected chi connectivity index (χ1v) is 11.2. The SMILES string of the molecule is CC[C@@H](C(=O)Nc1nn(Cc2cnn(CC)c2C)cc1Cl)n1nc(C(F)(F)F)c2c1CCC2. The summed E-state index contributed by atoms with van der Waals surface area (Å²) in [4.78, 5) is 13.0. The molecule has 3 aromatic rings. The number of aryl methyl sites for hydroxylation is 1. The molecule has 0 saturated carbocycles. The van der Waals surface area contributed by atoms with Gasteiger partial charge in [-0.15, -0.1) is 0 Å². The Balaban J connectivity index is 1.55. The van der Waals surface area contributed by atoms with Gasteiger partial charge in [-0.05, 0) is 39.5 Å². The van der Waals surface area contributed by atoms with Gasteiger partial charge >= 0.3 is 6.18 Å². The number of carbonyl (C=O) groups is 1. The van der Waals surface area contributed by atoms with Crippen molar-refractivity contribution in [3.8, 4) is 0 Å². The van der Waals surface area contributed by atoms with E-state index in [1.807, 2.05) is 18.5 Å². The fraction of sp³-hybridized carbons (Fsp3) is 0.524. The van der Waals surface area contributed by atoms with Crippen molar-refractivity contribution in [2.75, 3.05) is 5.32 Å². The molecule has 3 heterocycles. The van der Waals surface area contributed by atoms with Crippen molar-refractivity contribution < 1.29 is 18.0 Å². The number of rotatable bonds is 7. The van der Waals surface area contributed by atoms with Gasteiger partial charge in [0.15, 0.2) is 11.5 Å². The van der Waals surface area contributed by atoms with E-state index in [2.05, 4.69) is 20.6 Å². The highest BCUT2D eigenvalue weighted by Crippen LogP contribution is 2.38. The zero-order valence-corrected chi connectivity index (χ0v) is 19.3. The van der Waals surface area contributed by atoms with Gasteiger partial charge in [-0.3, -0.25) is 18.8 Å². The third-order valence-electron chi connectivity index (χ3n) is 6.01. The monoisotopic (exact) mass is 483 g/mol. The van der Waals surface area contributed by atoms with Crippen LogP contribution in [0.1, 0.15) is 60.9 Å². The van der Waals surface area contributed by atoms with Gasteiger partial charge in [-0.1, -0.05) is 18.5 Å². The van der Waals surface area contributed by atoms with Gasteiger partial charge in [0.1, 0.15) is 11.1 Å². The van der Waals surface area contributed by atoms with Crippen LogP contribution in [0.15, 0.2) is 12.4 Å². The summed E-state index contributed by atoms with van der Waals surface area (Å²) >= 11 is 6.29. The molecule has 1 aliphatic carbocycles. The summed E-state index contributed by atoms with van der Waals surface area (Å²) in [6.07, 6.45) is 0.448. The van der Waals surface area contributed by atoms with E-state index < -0.39 is 23.8 Å². The molecule has 178 valence electrons. The highest BCUT2D eigenvalue weighted by Gasteiger charge is 2.41. The molecule has 0 radical (unpaired) electrons. The van der Waals surface area contributed by atoms with Crippen molar-refractivity contribution in [1.29, 1.82) is 0 Å². The number of nitrogens with zero attached hydrogens (tertiary/aromatic N) is 6. The fourth-order valence-corrected chi connectivity index (χ4v) is 4.51. The van der Waals surface area contributed by atoms with Crippen LogP contribution in [0.5, 0.6) is 0 Å². The Morgan fingerprint density at radius 2 is 2.03 bits per heavy atom. The molecule has 0 unspecified atom stereocenters. The maximum absolute atomic E-state index is 13.4. The minimum atomic E-state index is -4.56. The van der Waals surface area contributed by atoms with E-state index in [0.717, 1.165) is 17.8 Å². The van der Waals surface area contributed by atoms with Crippen LogP contribution in [0, 0.1) is 6.92 Å². The van der Waals surface area contributed by atoms with Gasteiger partial charge in [0, 0.05) is 35.3 Å². The lowest BCUT2D eigenvalue weighted by Gasteiger charge is -2.17. The molecule has 0 aromatic carbocycles. The van der Waals surface area contributed by atoms with Crippen molar-refractivity contribution in [2.45, 2.75) is 71.8 Å². The zero-order valence-electron chi connectivity index (χ0n) is 18.6. The second-order valence-electron chi connectivity index (χ2n) is 8.08. The van der Waals surface area contributed by atoms with Crippen molar-refractivity contribution in [3.05, 3.63) is 45.6 Å². The number of nitrogens with one attached hydrogen (secondary N) is 1. The van der Waals surface area contributed by atoms with Crippen LogP contribution >= 0.6 is 11.6 Å². The molecule has 0 spiro atoms. The summed E-state index contributed by atoms with van der Waals surface area (Å²) in [6.45, 7) is 6.86. The lowest BCUT2D eigenvalue weighted by molar-refractivity contribution is -0.142. The topological polar surface area (TPSA) is 82.6 Å². The predicted octanol–water partition coefficient (Wildman–Crippen LogP) is 4.40. The Hall–Kier alpha value is -2.82. The second kappa shape index (κ2) is 8.85. The van der Waals surface area contributed by atoms with E-state index >= 15 is 0 Å². The van der Waals surface area contributed by atoms with E-state index in [0.29, 0.717) is 31.5 Å². The molecular weight excluding hydrogens is 459 g/mol. The average molecular weight is 484 g/mol. The molecular formula is C21H25ClF3N7O. The highest BCUT2D eigenvalue weighted by molar-refractivity contribution is 6.33. The second-order valence-corrected chi connectivity index (χ2v) is 8.48. The minimum absolute atomic E-state index is 0.153. The van der Waals surface area contributed by atoms with Gasteiger partial charge in [-0.2, -0.15) is 28.5 Å². The van der Waals surface area contributed by atoms with Crippen LogP contribution in [-0.4, -0.2) is 35.2 Å². The molecule has 0 aliphatic heterocycles. The third-order valence-corrected chi connectivity index (χ3v) is 6.28. The maximum atomic E-state index is 13.4. The molecule has 1 N–H and O–H groups in total. The molecule has 1 amide bonds. The third kappa shape index (κ3) is 4.38. The van der Waals surface area contributed by atoms with Crippen LogP contribution < -0.4 is 5.32 Å². The number of carbonyl (C=O) groups excluding carboxylic acids is 1. The summed E-state index contributed by atoms with van der Waals surface area (Å²) in [5.74, 6) is -0.356. The summed E-state index contributed by atoms with van der Waals surface area (Å²) in [7, 11) is 0. The number of halogens is 4. The Morgan fingerprint density at radius 3 is 2.67 bits per heavy atom. The quantitative estimate of drug-likeness (QED) is 0.540. The van der Waals surface area contributed by atoms with Crippen molar-refractivity contribution in [1.82, 2.24) is 29.3 Å². The van der Waals surface area contributed by atoms with Crippen molar-refractivity contribution >= 4 is 23.3 Å². The first-order valence-electron chi connectivity index (χ1n) is 10.9. The molecule has 3 aromatic heterocycles. The summed E-state index contributed by atoms with van der Waals surface area (Å²) in [5.41, 5.74) is 1.75. The Kier molecular flexibility index (Phi) is 6.26. The number of anilines is 1. The number of aromatic nitrogens is 6. The van der Waals surface area contributed by atoms with Gasteiger partial charge in [0.05, 0.1) is 12.7 Å². The van der Waals surface area contributed by atoms with Crippen LogP contribution in [0.25, 0.3) is 0 Å². The standard InChI is InChI=1S/C21H25ClF3N7O/c1-4-16(32-17-8-6-7-14(17)18(28-32)21(23,24)25)20(33)27-19-15(22)11-30(29-19)10-13-9-26-31(5-2)12(13)3/h9,11,16H,4-8,10H2,1-3H3,(H,27,29,33)/t16-/m0/s1. The molecule has 8 nitrogen and oxygen atoms in total. The van der Waals surface area contributed by atoms with Gasteiger partial charge in [-0.25, -0.2) is 0 Å². The molecule has 0 fully saturated rings. The van der Waals surface area contributed by atoms with E-state index in [1.165, 1.54) is 4.68 Å². The van der Waals surface area contributed by atoms with E-state index in [1.54, 1.807) is 24.0 Å². The molecule has 33 heavy (non-hydrogen) atoms. The normalized spacial score (nSPS) is 14.5. The molecule has 0 bridgehead atoms. The van der Waals surface area contributed by atoms with Crippen LogP contribution in [0.3, 0.4) is 0 Å². The predicted molar refractivity (Wildman–Crippen MR) is 116 cm³/mol. The summed E-state index contributed by atoms with van der Waals surface area (Å²) in [6, 6.07) is -0.904. The Morgan fingerprint density at radius 1 is 1.27 bits per heavy atom. The highest BCUT2D eigenvalue weighted by atomic mass is 35.5. The number of alkyl halides is 3. The molecule has 4 rings (SSSR count). The first-order chi connectivity index (χ1) is 15.6. The fourth-order valence-electron chi connectivity index (χ4n) is 4.32. The Bertz CT molecular complexity index is 1180. The number of fused-ring (bicyclic) bond motifs is 1. The number of hydrogen-bond acceptors (Lipinski definition) is 4. The van der Waals surface area contributed by atoms with E-state index in [-0.39, 0.29) is 22.8 Å². The molecule has 12 heteroatoms. The lowest BCUT2D eigenvalue weighted by Crippen LogP contribution is -2.28. The van der Waals surface area contributed by atoms with Crippen molar-refractivity contribution in [2.24, 2.45) is 0 Å². The lowest BCUT2D eigenvalue weighted by atomic mass is 10.1. The zero-order chi connectivity index (χ0) is 23.9. The molecule has 1 atom stereocenters. The summed E-state index contributed by atoms with van der Waals surface area (Å²) < 4.78 is 45.0. The molecule has 0 saturated heterocycles. The van der Waals surface area contributed by atoms with Crippen LogP contribution in [0.2, 0.25) is 5.02 Å². The van der Waals surface area contributed by atoms with Gasteiger partial charge < -0.3 is 5.32 Å². The average Bonchev–Trinajstić information content (AvgIpc) is 3.49. The van der Waals surface area contributed by atoms with E-state index in [4.69, 9.17) is 11.6 Å². The minimum Gasteiger partial charge on any atom is -0.306 e. The Labute approximate surface area is 193 Å². The smallest absolute Gasteiger partial charge is 0.306 e. The van der Waals surface area contributed by atoms with E-state index in [9.17, 15) is 18.0 Å². The van der Waals surface area contributed by atoms with Crippen LogP contribution in [-0.2, 0) is 36.9 Å².